The fraction of sp³-hybridized carbons (Fsp3) is 0.696. The van der Waals surface area contributed by atoms with E-state index in [0.29, 0.717) is 5.92 Å². The average Bonchev–Trinajstić information content (AvgIpc) is 2.62. The molecule has 0 radical (unpaired) electrons. The van der Waals surface area contributed by atoms with Gasteiger partial charge in [-0.2, -0.15) is 0 Å². The molecule has 0 aromatic rings. The number of esters is 1. The molecule has 2 heteroatoms. The number of rotatable bonds is 13. The molecule has 0 aliphatic carbocycles. The summed E-state index contributed by atoms with van der Waals surface area (Å²) in [5, 5.41) is 0. The maximum atomic E-state index is 11.0. The van der Waals surface area contributed by atoms with Gasteiger partial charge in [-0.05, 0) is 44.4 Å². The van der Waals surface area contributed by atoms with Crippen molar-refractivity contribution in [3.05, 3.63) is 36.5 Å². The zero-order valence-electron chi connectivity index (χ0n) is 17.6. The summed E-state index contributed by atoms with van der Waals surface area (Å²) in [6.07, 6.45) is 22.4. The Labute approximate surface area is 157 Å². The van der Waals surface area contributed by atoms with Gasteiger partial charge in [-0.25, -0.2) is 0 Å². The zero-order valence-corrected chi connectivity index (χ0v) is 17.6. The maximum Gasteiger partial charge on any atom is 0.302 e. The summed E-state index contributed by atoms with van der Waals surface area (Å²) in [6, 6.07) is 0. The highest BCUT2D eigenvalue weighted by Crippen LogP contribution is 2.16. The third kappa shape index (κ3) is 18.9. The van der Waals surface area contributed by atoms with Crippen molar-refractivity contribution in [1.29, 1.82) is 0 Å². The molecule has 0 aliphatic rings. The zero-order chi connectivity index (χ0) is 19.3. The molecule has 0 spiro atoms. The van der Waals surface area contributed by atoms with Crippen LogP contribution in [-0.4, -0.2) is 12.1 Å². The van der Waals surface area contributed by atoms with E-state index in [1.54, 1.807) is 0 Å². The van der Waals surface area contributed by atoms with Crippen LogP contribution in [0.4, 0.5) is 0 Å². The highest BCUT2D eigenvalue weighted by Gasteiger charge is 2.16. The van der Waals surface area contributed by atoms with Crippen molar-refractivity contribution in [1.82, 2.24) is 0 Å². The van der Waals surface area contributed by atoms with Crippen LogP contribution in [0.5, 0.6) is 0 Å². The first-order valence-electron chi connectivity index (χ1n) is 10.2. The van der Waals surface area contributed by atoms with E-state index in [1.807, 2.05) is 13.8 Å². The largest absolute Gasteiger partial charge is 0.462 e. The van der Waals surface area contributed by atoms with Crippen LogP contribution in [-0.2, 0) is 9.53 Å². The normalized spacial score (nSPS) is 13.8. The van der Waals surface area contributed by atoms with Gasteiger partial charge < -0.3 is 4.74 Å². The molecule has 0 heterocycles. The predicted octanol–water partition coefficient (Wildman–Crippen LogP) is 7.41. The first-order chi connectivity index (χ1) is 12.1. The Hall–Kier alpha value is -1.31. The second-order valence-corrected chi connectivity index (χ2v) is 6.15. The molecule has 2 atom stereocenters. The summed E-state index contributed by atoms with van der Waals surface area (Å²) in [6.45, 7) is 11.9. The second kappa shape index (κ2) is 20.7. The van der Waals surface area contributed by atoms with Gasteiger partial charge >= 0.3 is 5.97 Å². The Balaban J connectivity index is 0. The van der Waals surface area contributed by atoms with E-state index in [9.17, 15) is 4.79 Å². The van der Waals surface area contributed by atoms with Crippen molar-refractivity contribution in [2.24, 2.45) is 5.92 Å². The lowest BCUT2D eigenvalue weighted by Crippen LogP contribution is -2.23. The van der Waals surface area contributed by atoms with Crippen LogP contribution in [0, 0.1) is 5.92 Å². The van der Waals surface area contributed by atoms with Crippen LogP contribution in [0.2, 0.25) is 0 Å². The van der Waals surface area contributed by atoms with E-state index >= 15 is 0 Å². The summed E-state index contributed by atoms with van der Waals surface area (Å²) in [7, 11) is 0. The lowest BCUT2D eigenvalue weighted by atomic mass is 9.98. The maximum absolute atomic E-state index is 11.0. The van der Waals surface area contributed by atoms with Crippen LogP contribution < -0.4 is 0 Å². The van der Waals surface area contributed by atoms with Crippen molar-refractivity contribution in [2.75, 3.05) is 0 Å². The van der Waals surface area contributed by atoms with Gasteiger partial charge in [-0.15, -0.1) is 0 Å². The molecule has 2 nitrogen and oxygen atoms in total. The first-order valence-corrected chi connectivity index (χ1v) is 10.2. The number of ether oxygens (including phenoxy) is 1. The molecule has 0 bridgehead atoms. The molecular weight excluding hydrogens is 308 g/mol. The highest BCUT2D eigenvalue weighted by molar-refractivity contribution is 5.66. The lowest BCUT2D eigenvalue weighted by molar-refractivity contribution is -0.148. The number of hydrogen-bond acceptors (Lipinski definition) is 2. The van der Waals surface area contributed by atoms with E-state index in [0.717, 1.165) is 25.7 Å². The van der Waals surface area contributed by atoms with Gasteiger partial charge in [0.2, 0.25) is 0 Å². The molecule has 0 fully saturated rings. The summed E-state index contributed by atoms with van der Waals surface area (Å²) in [5.41, 5.74) is 0. The Bertz CT molecular complexity index is 366. The molecule has 25 heavy (non-hydrogen) atoms. The standard InChI is InChI=1S/C21H36O2.C2H6/c1-5-7-8-9-10-11-12-13-14-15-16-17-18-19(3)21(6-2)23-20(4)22;1-2/h10-11,13-14,16-17,19,21H,5-9,12,15,18H2,1-4H3;1-2H3/b11-10-,14-13-,17-16-;. The molecule has 146 valence electrons. The molecule has 2 unspecified atom stereocenters. The highest BCUT2D eigenvalue weighted by atomic mass is 16.5. The first kappa shape index (κ1) is 25.9. The van der Waals surface area contributed by atoms with Crippen LogP contribution in [0.15, 0.2) is 36.5 Å². The molecule has 0 saturated heterocycles. The Kier molecular flexibility index (Phi) is 21.5. The van der Waals surface area contributed by atoms with Gasteiger partial charge in [-0.3, -0.25) is 4.79 Å². The van der Waals surface area contributed by atoms with Crippen molar-refractivity contribution in [3.63, 3.8) is 0 Å². The fourth-order valence-electron chi connectivity index (χ4n) is 2.45. The quantitative estimate of drug-likeness (QED) is 0.196. The van der Waals surface area contributed by atoms with Gasteiger partial charge in [0.05, 0.1) is 0 Å². The number of hydrogen-bond donors (Lipinski definition) is 0. The van der Waals surface area contributed by atoms with Gasteiger partial charge in [-0.1, -0.05) is 83.9 Å². The molecule has 0 aromatic carbocycles. The smallest absolute Gasteiger partial charge is 0.302 e. The van der Waals surface area contributed by atoms with Gasteiger partial charge in [0, 0.05) is 6.92 Å². The SMILES string of the molecule is CC.CCCCC/C=C\C/C=C\C/C=C\CC(C)C(CC)OC(C)=O. The number of allylic oxidation sites excluding steroid dienone is 6. The van der Waals surface area contributed by atoms with Gasteiger partial charge in [0.25, 0.3) is 0 Å². The van der Waals surface area contributed by atoms with Crippen molar-refractivity contribution < 1.29 is 9.53 Å². The predicted molar refractivity (Wildman–Crippen MR) is 112 cm³/mol. The lowest BCUT2D eigenvalue weighted by Gasteiger charge is -2.21. The second-order valence-electron chi connectivity index (χ2n) is 6.15. The van der Waals surface area contributed by atoms with Crippen molar-refractivity contribution >= 4 is 5.97 Å². The third-order valence-electron chi connectivity index (χ3n) is 3.88. The van der Waals surface area contributed by atoms with Crippen LogP contribution in [0.25, 0.3) is 0 Å². The molecule has 0 amide bonds. The van der Waals surface area contributed by atoms with E-state index in [1.165, 1.54) is 32.6 Å². The summed E-state index contributed by atoms with van der Waals surface area (Å²) >= 11 is 0. The van der Waals surface area contributed by atoms with Crippen LogP contribution in [0.3, 0.4) is 0 Å². The van der Waals surface area contributed by atoms with E-state index < -0.39 is 0 Å². The number of unbranched alkanes of at least 4 members (excludes halogenated alkanes) is 3. The molecule has 0 N–H and O–H groups in total. The van der Waals surface area contributed by atoms with Crippen LogP contribution in [0.1, 0.15) is 92.9 Å². The van der Waals surface area contributed by atoms with Crippen molar-refractivity contribution in [2.45, 2.75) is 99.0 Å². The summed E-state index contributed by atoms with van der Waals surface area (Å²) in [5.74, 6) is 0.188. The van der Waals surface area contributed by atoms with E-state index in [2.05, 4.69) is 57.2 Å². The minimum atomic E-state index is -0.182. The topological polar surface area (TPSA) is 26.3 Å². The number of carbonyl (C=O) groups excluding carboxylic acids is 1. The minimum absolute atomic E-state index is 0.0329. The molecule has 0 saturated carbocycles. The number of carbonyl (C=O) groups is 1. The summed E-state index contributed by atoms with van der Waals surface area (Å²) < 4.78 is 5.32. The van der Waals surface area contributed by atoms with Gasteiger partial charge in [0.1, 0.15) is 6.10 Å². The molecule has 0 aliphatic heterocycles. The monoisotopic (exact) mass is 350 g/mol. The molecule has 0 rings (SSSR count). The third-order valence-corrected chi connectivity index (χ3v) is 3.88. The molecular formula is C23H42O2. The Morgan fingerprint density at radius 1 is 0.920 bits per heavy atom. The summed E-state index contributed by atoms with van der Waals surface area (Å²) in [4.78, 5) is 11.0. The Morgan fingerprint density at radius 2 is 1.48 bits per heavy atom. The Morgan fingerprint density at radius 3 is 2.00 bits per heavy atom. The van der Waals surface area contributed by atoms with Crippen LogP contribution >= 0.6 is 0 Å². The van der Waals surface area contributed by atoms with Gasteiger partial charge in [0.15, 0.2) is 0 Å². The minimum Gasteiger partial charge on any atom is -0.462 e. The average molecular weight is 351 g/mol. The van der Waals surface area contributed by atoms with E-state index in [4.69, 9.17) is 4.74 Å². The molecule has 0 aromatic heterocycles. The fourth-order valence-corrected chi connectivity index (χ4v) is 2.45. The van der Waals surface area contributed by atoms with Crippen molar-refractivity contribution in [3.8, 4) is 0 Å². The van der Waals surface area contributed by atoms with E-state index in [-0.39, 0.29) is 12.1 Å².